The third-order valence-corrected chi connectivity index (χ3v) is 5.65. The third-order valence-electron chi connectivity index (χ3n) is 4.39. The number of nitrogens with zero attached hydrogens (tertiary/aromatic N) is 3. The molecule has 0 bridgehead atoms. The van der Waals surface area contributed by atoms with Gasteiger partial charge in [-0.3, -0.25) is 4.79 Å². The summed E-state index contributed by atoms with van der Waals surface area (Å²) >= 11 is 1.08. The lowest BCUT2D eigenvalue weighted by Gasteiger charge is -2.45. The minimum absolute atomic E-state index is 0.0743. The Hall–Kier alpha value is -2.30. The highest BCUT2D eigenvalue weighted by atomic mass is 32.2. The molecule has 1 saturated heterocycles. The number of esters is 1. The van der Waals surface area contributed by atoms with E-state index in [-0.39, 0.29) is 19.4 Å². The minimum atomic E-state index is -1.58. The van der Waals surface area contributed by atoms with Gasteiger partial charge in [-0.05, 0) is 17.7 Å². The number of aliphatic hydroxyl groups is 2. The number of methoxy groups -OCH3 is 1. The summed E-state index contributed by atoms with van der Waals surface area (Å²) in [6, 6.07) is 8.14. The van der Waals surface area contributed by atoms with Crippen LogP contribution in [-0.4, -0.2) is 65.0 Å². The molecule has 0 aromatic heterocycles. The molecular weight excluding hydrogens is 400 g/mol. The lowest BCUT2D eigenvalue weighted by Crippen LogP contribution is -2.62. The van der Waals surface area contributed by atoms with E-state index in [9.17, 15) is 19.8 Å². The summed E-state index contributed by atoms with van der Waals surface area (Å²) in [7, 11) is 1.22. The third kappa shape index (κ3) is 6.09. The van der Waals surface area contributed by atoms with Gasteiger partial charge < -0.3 is 25.0 Å². The van der Waals surface area contributed by atoms with Gasteiger partial charge in [0.2, 0.25) is 10.8 Å². The molecule has 10 nitrogen and oxygen atoms in total. The largest absolute Gasteiger partial charge is 0.466 e. The molecule has 1 aromatic rings. The zero-order chi connectivity index (χ0) is 21.4. The van der Waals surface area contributed by atoms with Crippen LogP contribution < -0.4 is 5.32 Å². The van der Waals surface area contributed by atoms with Crippen LogP contribution in [0.4, 0.5) is 0 Å². The number of aliphatic hydroxyl groups excluding tert-OH is 2. The van der Waals surface area contributed by atoms with E-state index in [0.29, 0.717) is 0 Å². The van der Waals surface area contributed by atoms with Gasteiger partial charge in [-0.15, -0.1) is 0 Å². The van der Waals surface area contributed by atoms with E-state index in [2.05, 4.69) is 15.3 Å². The molecule has 2 rings (SSSR count). The summed E-state index contributed by atoms with van der Waals surface area (Å²) in [5.41, 5.74) is 8.44. The van der Waals surface area contributed by atoms with E-state index in [0.717, 1.165) is 16.7 Å². The molecular formula is C18H24N4O6S. The van der Waals surface area contributed by atoms with E-state index in [1.54, 1.807) is 24.3 Å². The topological polar surface area (TPSA) is 154 Å². The predicted octanol–water partition coefficient (Wildman–Crippen LogP) is 1.36. The summed E-state index contributed by atoms with van der Waals surface area (Å²) in [6.07, 6.45) is -3.36. The van der Waals surface area contributed by atoms with Crippen LogP contribution >= 0.6 is 11.8 Å². The second kappa shape index (κ2) is 10.5. The van der Waals surface area contributed by atoms with E-state index in [1.165, 1.54) is 14.0 Å². The molecule has 4 unspecified atom stereocenters. The summed E-state index contributed by atoms with van der Waals surface area (Å²) in [5, 5.41) is 26.9. The average molecular weight is 424 g/mol. The summed E-state index contributed by atoms with van der Waals surface area (Å²) in [5.74, 6) is -1.09. The molecule has 0 radical (unpaired) electrons. The molecule has 158 valence electrons. The van der Waals surface area contributed by atoms with Gasteiger partial charge in [-0.2, -0.15) is 0 Å². The van der Waals surface area contributed by atoms with E-state index >= 15 is 0 Å². The van der Waals surface area contributed by atoms with Gasteiger partial charge in [0.1, 0.15) is 0 Å². The van der Waals surface area contributed by atoms with Crippen LogP contribution in [0.15, 0.2) is 40.3 Å². The SMILES string of the molecule is COC(=O)C1(Sc2ccccc2)C[C@@H](O)C(NC(C)=O)C(CC(O)CN=[N+]=[N-])O1. The van der Waals surface area contributed by atoms with Gasteiger partial charge in [-0.1, -0.05) is 35.1 Å². The average Bonchev–Trinajstić information content (AvgIpc) is 2.69. The van der Waals surface area contributed by atoms with Gasteiger partial charge in [-0.25, -0.2) is 4.79 Å². The highest BCUT2D eigenvalue weighted by molar-refractivity contribution is 8.01. The lowest BCUT2D eigenvalue weighted by atomic mass is 9.91. The number of benzene rings is 1. The highest BCUT2D eigenvalue weighted by Crippen LogP contribution is 2.44. The van der Waals surface area contributed by atoms with Crippen molar-refractivity contribution in [3.63, 3.8) is 0 Å². The van der Waals surface area contributed by atoms with Crippen molar-refractivity contribution in [2.75, 3.05) is 13.7 Å². The Morgan fingerprint density at radius 3 is 2.76 bits per heavy atom. The standard InChI is InChI=1S/C18H24N4O6S/c1-11(23)21-16-14(25)9-18(17(26)27-2,29-13-6-4-3-5-7-13)28-15(16)8-12(24)10-20-22-19/h3-7,12,14-16,24-25H,8-10H2,1-2H3,(H,21,23)/t12?,14-,15?,16?,18?/m1/s1. The zero-order valence-corrected chi connectivity index (χ0v) is 16.9. The molecule has 0 saturated carbocycles. The Balaban J connectivity index is 2.35. The number of amides is 1. The Morgan fingerprint density at radius 1 is 1.48 bits per heavy atom. The van der Waals surface area contributed by atoms with E-state index < -0.39 is 41.2 Å². The molecule has 0 aliphatic carbocycles. The van der Waals surface area contributed by atoms with Crippen LogP contribution in [0, 0.1) is 0 Å². The van der Waals surface area contributed by atoms with Gasteiger partial charge in [0, 0.05) is 29.6 Å². The quantitative estimate of drug-likeness (QED) is 0.246. The Labute approximate surface area is 172 Å². The molecule has 1 aromatic carbocycles. The Bertz CT molecular complexity index is 760. The maximum absolute atomic E-state index is 12.7. The minimum Gasteiger partial charge on any atom is -0.466 e. The van der Waals surface area contributed by atoms with E-state index in [4.69, 9.17) is 15.0 Å². The Kier molecular flexibility index (Phi) is 8.30. The fraction of sp³-hybridized carbons (Fsp3) is 0.556. The first-order chi connectivity index (χ1) is 13.8. The molecule has 1 amide bonds. The lowest BCUT2D eigenvalue weighted by molar-refractivity contribution is -0.185. The first-order valence-corrected chi connectivity index (χ1v) is 9.77. The van der Waals surface area contributed by atoms with Crippen LogP contribution in [0.25, 0.3) is 10.4 Å². The van der Waals surface area contributed by atoms with Crippen molar-refractivity contribution in [3.8, 4) is 0 Å². The normalized spacial score (nSPS) is 27.4. The van der Waals surface area contributed by atoms with Crippen LogP contribution in [0.2, 0.25) is 0 Å². The zero-order valence-electron chi connectivity index (χ0n) is 16.1. The first-order valence-electron chi connectivity index (χ1n) is 8.95. The fourth-order valence-corrected chi connectivity index (χ4v) is 4.45. The number of carbonyl (C=O) groups is 2. The van der Waals surface area contributed by atoms with Crippen molar-refractivity contribution >= 4 is 23.6 Å². The fourth-order valence-electron chi connectivity index (χ4n) is 3.18. The maximum atomic E-state index is 12.7. The maximum Gasteiger partial charge on any atom is 0.349 e. The van der Waals surface area contributed by atoms with Crippen LogP contribution in [0.1, 0.15) is 19.8 Å². The molecule has 11 heteroatoms. The second-order valence-electron chi connectivity index (χ2n) is 6.62. The molecule has 1 aliphatic heterocycles. The number of hydrogen-bond donors (Lipinski definition) is 3. The smallest absolute Gasteiger partial charge is 0.349 e. The van der Waals surface area contributed by atoms with Crippen molar-refractivity contribution in [2.24, 2.45) is 5.11 Å². The number of ether oxygens (including phenoxy) is 2. The van der Waals surface area contributed by atoms with Crippen molar-refractivity contribution in [2.45, 2.75) is 53.9 Å². The van der Waals surface area contributed by atoms with Gasteiger partial charge in [0.15, 0.2) is 0 Å². The van der Waals surface area contributed by atoms with Crippen molar-refractivity contribution < 1.29 is 29.3 Å². The predicted molar refractivity (Wildman–Crippen MR) is 105 cm³/mol. The first kappa shape index (κ1) is 23.0. The Morgan fingerprint density at radius 2 is 2.17 bits per heavy atom. The van der Waals surface area contributed by atoms with Crippen LogP contribution in [-0.2, 0) is 19.1 Å². The molecule has 1 fully saturated rings. The summed E-state index contributed by atoms with van der Waals surface area (Å²) in [4.78, 5) is 26.0. The highest BCUT2D eigenvalue weighted by Gasteiger charge is 2.53. The van der Waals surface area contributed by atoms with Crippen molar-refractivity contribution in [3.05, 3.63) is 40.8 Å². The number of rotatable bonds is 8. The number of carbonyl (C=O) groups excluding carboxylic acids is 2. The van der Waals surface area contributed by atoms with Gasteiger partial charge in [0.05, 0.1) is 38.0 Å². The van der Waals surface area contributed by atoms with Crippen LogP contribution in [0.5, 0.6) is 0 Å². The van der Waals surface area contributed by atoms with Gasteiger partial charge in [0.25, 0.3) is 0 Å². The number of nitrogens with one attached hydrogen (secondary N) is 1. The molecule has 5 atom stereocenters. The number of azide groups is 1. The van der Waals surface area contributed by atoms with Crippen LogP contribution in [0.3, 0.4) is 0 Å². The molecule has 1 heterocycles. The molecule has 0 spiro atoms. The second-order valence-corrected chi connectivity index (χ2v) is 7.95. The molecule has 29 heavy (non-hydrogen) atoms. The molecule has 3 N–H and O–H groups in total. The number of thioether (sulfide) groups is 1. The van der Waals surface area contributed by atoms with E-state index in [1.807, 2.05) is 6.07 Å². The summed E-state index contributed by atoms with van der Waals surface area (Å²) < 4.78 is 11.0. The molecule has 1 aliphatic rings. The van der Waals surface area contributed by atoms with Gasteiger partial charge >= 0.3 is 5.97 Å². The monoisotopic (exact) mass is 424 g/mol. The van der Waals surface area contributed by atoms with Crippen molar-refractivity contribution in [1.29, 1.82) is 0 Å². The summed E-state index contributed by atoms with van der Waals surface area (Å²) in [6.45, 7) is 1.08. The van der Waals surface area contributed by atoms with Crippen molar-refractivity contribution in [1.82, 2.24) is 5.32 Å². The number of hydrogen-bond acceptors (Lipinski definition) is 8.